The van der Waals surface area contributed by atoms with E-state index in [4.69, 9.17) is 16.3 Å². The maximum atomic E-state index is 12.8. The molecular formula is C17H13ClFN3O6. The van der Waals surface area contributed by atoms with Crippen LogP contribution in [0.15, 0.2) is 42.5 Å². The van der Waals surface area contributed by atoms with Crippen LogP contribution in [0.2, 0.25) is 5.02 Å². The number of rotatable bonds is 7. The smallest absolute Gasteiger partial charge is 0.340 e. The van der Waals surface area contributed by atoms with Gasteiger partial charge in [-0.15, -0.1) is 0 Å². The lowest BCUT2D eigenvalue weighted by Gasteiger charge is -2.08. The molecule has 2 N–H and O–H groups in total. The third-order valence-electron chi connectivity index (χ3n) is 3.29. The van der Waals surface area contributed by atoms with E-state index < -0.39 is 41.7 Å². The molecule has 0 saturated heterocycles. The van der Waals surface area contributed by atoms with Gasteiger partial charge in [0.25, 0.3) is 11.6 Å². The molecule has 9 nitrogen and oxygen atoms in total. The number of nitro groups is 1. The van der Waals surface area contributed by atoms with E-state index in [0.29, 0.717) is 5.69 Å². The van der Waals surface area contributed by atoms with E-state index in [0.717, 1.165) is 30.3 Å². The second-order valence-corrected chi connectivity index (χ2v) is 5.74. The predicted octanol–water partition coefficient (Wildman–Crippen LogP) is 2.30. The molecule has 2 aromatic rings. The number of ether oxygens (including phenoxy) is 1. The maximum absolute atomic E-state index is 12.8. The van der Waals surface area contributed by atoms with Gasteiger partial charge in [-0.2, -0.15) is 0 Å². The van der Waals surface area contributed by atoms with Crippen molar-refractivity contribution in [2.75, 3.05) is 18.5 Å². The van der Waals surface area contributed by atoms with Crippen molar-refractivity contribution < 1.29 is 28.4 Å². The highest BCUT2D eigenvalue weighted by Gasteiger charge is 2.18. The fraction of sp³-hybridized carbons (Fsp3) is 0.118. The maximum Gasteiger partial charge on any atom is 0.340 e. The Bertz CT molecular complexity index is 920. The number of carbonyl (C=O) groups is 3. The molecule has 2 aromatic carbocycles. The lowest BCUT2D eigenvalue weighted by atomic mass is 10.2. The Hall–Kier alpha value is -3.53. The number of non-ortho nitro benzene ring substituents is 1. The first-order chi connectivity index (χ1) is 13.3. The molecule has 0 aliphatic heterocycles. The SMILES string of the molecule is O=C(COC(=O)c1cc([N+](=O)[O-])ccc1Cl)NCC(=O)Nc1ccc(F)cc1. The first-order valence-corrected chi connectivity index (χ1v) is 8.07. The lowest BCUT2D eigenvalue weighted by Crippen LogP contribution is -2.35. The second-order valence-electron chi connectivity index (χ2n) is 5.33. The summed E-state index contributed by atoms with van der Waals surface area (Å²) in [6, 6.07) is 8.22. The zero-order valence-corrected chi connectivity index (χ0v) is 14.9. The first kappa shape index (κ1) is 20.8. The fourth-order valence-electron chi connectivity index (χ4n) is 1.96. The van der Waals surface area contributed by atoms with Crippen LogP contribution in [0.4, 0.5) is 15.8 Å². The number of esters is 1. The van der Waals surface area contributed by atoms with Gasteiger partial charge in [0.15, 0.2) is 6.61 Å². The molecule has 28 heavy (non-hydrogen) atoms. The number of hydrogen-bond donors (Lipinski definition) is 2. The summed E-state index contributed by atoms with van der Waals surface area (Å²) in [5.74, 6) is -2.84. The molecule has 0 unspecified atom stereocenters. The number of amides is 2. The Labute approximate surface area is 162 Å². The van der Waals surface area contributed by atoms with Gasteiger partial charge in [-0.3, -0.25) is 19.7 Å². The fourth-order valence-corrected chi connectivity index (χ4v) is 2.16. The molecule has 146 valence electrons. The van der Waals surface area contributed by atoms with E-state index in [1.165, 1.54) is 12.1 Å². The zero-order chi connectivity index (χ0) is 20.7. The molecule has 0 saturated carbocycles. The molecular weight excluding hydrogens is 397 g/mol. The van der Waals surface area contributed by atoms with Crippen LogP contribution >= 0.6 is 11.6 Å². The first-order valence-electron chi connectivity index (χ1n) is 7.69. The largest absolute Gasteiger partial charge is 0.452 e. The van der Waals surface area contributed by atoms with Crippen LogP contribution in [0.25, 0.3) is 0 Å². The van der Waals surface area contributed by atoms with Crippen molar-refractivity contribution in [1.82, 2.24) is 5.32 Å². The highest BCUT2D eigenvalue weighted by atomic mass is 35.5. The van der Waals surface area contributed by atoms with E-state index in [1.54, 1.807) is 0 Å². The molecule has 0 radical (unpaired) electrons. The van der Waals surface area contributed by atoms with Crippen LogP contribution < -0.4 is 10.6 Å². The van der Waals surface area contributed by atoms with Crippen molar-refractivity contribution in [3.8, 4) is 0 Å². The number of anilines is 1. The van der Waals surface area contributed by atoms with E-state index in [1.807, 2.05) is 0 Å². The summed E-state index contributed by atoms with van der Waals surface area (Å²) < 4.78 is 17.5. The van der Waals surface area contributed by atoms with Crippen LogP contribution in [0, 0.1) is 15.9 Å². The molecule has 0 fully saturated rings. The Morgan fingerprint density at radius 3 is 2.43 bits per heavy atom. The Balaban J connectivity index is 1.81. The summed E-state index contributed by atoms with van der Waals surface area (Å²) in [5.41, 5.74) is -0.289. The van der Waals surface area contributed by atoms with E-state index in [-0.39, 0.29) is 16.3 Å². The molecule has 0 bridgehead atoms. The minimum Gasteiger partial charge on any atom is -0.452 e. The normalized spacial score (nSPS) is 10.1. The number of nitro benzene ring substituents is 1. The minimum absolute atomic E-state index is 0.0744. The van der Waals surface area contributed by atoms with Gasteiger partial charge < -0.3 is 15.4 Å². The monoisotopic (exact) mass is 409 g/mol. The summed E-state index contributed by atoms with van der Waals surface area (Å²) in [4.78, 5) is 45.3. The van der Waals surface area contributed by atoms with Crippen LogP contribution in [0.3, 0.4) is 0 Å². The number of nitrogens with one attached hydrogen (secondary N) is 2. The predicted molar refractivity (Wildman–Crippen MR) is 96.4 cm³/mol. The zero-order valence-electron chi connectivity index (χ0n) is 14.1. The van der Waals surface area contributed by atoms with Gasteiger partial charge in [0.2, 0.25) is 5.91 Å². The topological polar surface area (TPSA) is 128 Å². The van der Waals surface area contributed by atoms with Crippen molar-refractivity contribution in [3.05, 3.63) is 69.0 Å². The summed E-state index contributed by atoms with van der Waals surface area (Å²) in [6.07, 6.45) is 0. The van der Waals surface area contributed by atoms with Crippen molar-refractivity contribution in [1.29, 1.82) is 0 Å². The lowest BCUT2D eigenvalue weighted by molar-refractivity contribution is -0.384. The highest BCUT2D eigenvalue weighted by Crippen LogP contribution is 2.22. The number of hydrogen-bond acceptors (Lipinski definition) is 6. The van der Waals surface area contributed by atoms with Crippen molar-refractivity contribution in [2.24, 2.45) is 0 Å². The molecule has 0 atom stereocenters. The quantitative estimate of drug-likeness (QED) is 0.410. The Morgan fingerprint density at radius 1 is 1.11 bits per heavy atom. The highest BCUT2D eigenvalue weighted by molar-refractivity contribution is 6.33. The minimum atomic E-state index is -1.03. The Morgan fingerprint density at radius 2 is 1.79 bits per heavy atom. The number of carbonyl (C=O) groups excluding carboxylic acids is 3. The van der Waals surface area contributed by atoms with Gasteiger partial charge in [0, 0.05) is 17.8 Å². The average molecular weight is 410 g/mol. The van der Waals surface area contributed by atoms with Crippen molar-refractivity contribution in [2.45, 2.75) is 0 Å². The summed E-state index contributed by atoms with van der Waals surface area (Å²) in [7, 11) is 0. The molecule has 0 aliphatic carbocycles. The van der Waals surface area contributed by atoms with Gasteiger partial charge in [0.05, 0.1) is 22.1 Å². The molecule has 0 aromatic heterocycles. The van der Waals surface area contributed by atoms with Gasteiger partial charge in [0.1, 0.15) is 5.82 Å². The third kappa shape index (κ3) is 6.02. The van der Waals surface area contributed by atoms with E-state index in [2.05, 4.69) is 10.6 Å². The van der Waals surface area contributed by atoms with Crippen LogP contribution in [0.5, 0.6) is 0 Å². The third-order valence-corrected chi connectivity index (χ3v) is 3.62. The molecule has 0 spiro atoms. The average Bonchev–Trinajstić information content (AvgIpc) is 2.66. The summed E-state index contributed by atoms with van der Waals surface area (Å²) in [6.45, 7) is -1.13. The standard InChI is InChI=1S/C17H13ClFN3O6/c18-14-6-5-12(22(26)27)7-13(14)17(25)28-9-16(24)20-8-15(23)21-11-3-1-10(19)2-4-11/h1-7H,8-9H2,(H,20,24)(H,21,23). The van der Waals surface area contributed by atoms with Crippen molar-refractivity contribution >= 4 is 40.8 Å². The van der Waals surface area contributed by atoms with Crippen LogP contribution in [-0.2, 0) is 14.3 Å². The van der Waals surface area contributed by atoms with Crippen molar-refractivity contribution in [3.63, 3.8) is 0 Å². The summed E-state index contributed by atoms with van der Waals surface area (Å²) in [5, 5.41) is 15.3. The van der Waals surface area contributed by atoms with Crippen LogP contribution in [0.1, 0.15) is 10.4 Å². The number of halogens is 2. The van der Waals surface area contributed by atoms with Gasteiger partial charge in [-0.05, 0) is 30.3 Å². The number of nitrogens with zero attached hydrogens (tertiary/aromatic N) is 1. The van der Waals surface area contributed by atoms with E-state index in [9.17, 15) is 28.9 Å². The Kier molecular flexibility index (Phi) is 6.99. The van der Waals surface area contributed by atoms with Gasteiger partial charge in [-0.1, -0.05) is 11.6 Å². The summed E-state index contributed by atoms with van der Waals surface area (Å²) >= 11 is 5.80. The molecule has 0 aliphatic rings. The van der Waals surface area contributed by atoms with E-state index >= 15 is 0 Å². The second kappa shape index (κ2) is 9.42. The van der Waals surface area contributed by atoms with Gasteiger partial charge in [-0.25, -0.2) is 9.18 Å². The molecule has 2 amide bonds. The molecule has 0 heterocycles. The molecule has 11 heteroatoms. The van der Waals surface area contributed by atoms with Crippen LogP contribution in [-0.4, -0.2) is 35.9 Å². The van der Waals surface area contributed by atoms with Gasteiger partial charge >= 0.3 is 5.97 Å². The number of benzene rings is 2. The molecule has 2 rings (SSSR count).